The summed E-state index contributed by atoms with van der Waals surface area (Å²) in [6, 6.07) is 16.7. The van der Waals surface area contributed by atoms with E-state index in [2.05, 4.69) is 0 Å². The summed E-state index contributed by atoms with van der Waals surface area (Å²) in [6.45, 7) is 1.69. The van der Waals surface area contributed by atoms with Gasteiger partial charge < -0.3 is 4.90 Å². The predicted molar refractivity (Wildman–Crippen MR) is 137 cm³/mol. The standard InChI is InChI=1S/C28H20ClN3O5/c1-15-6-11-19(32(36)37)14-21(15)31-27(34)22-23(28(31)35)25(26(33)17-7-9-18(29)10-8-17)30-13-12-16-4-2-3-5-20(16)24(22)30/h2-14,22-25H,1H3/t22-,23+,24+,25+/m0/s1. The van der Waals surface area contributed by atoms with Crippen molar-refractivity contribution in [3.8, 4) is 0 Å². The number of fused-ring (bicyclic) bond motifs is 5. The van der Waals surface area contributed by atoms with E-state index in [9.17, 15) is 24.5 Å². The zero-order valence-electron chi connectivity index (χ0n) is 19.6. The minimum absolute atomic E-state index is 0.169. The summed E-state index contributed by atoms with van der Waals surface area (Å²) in [6.07, 6.45) is 3.67. The van der Waals surface area contributed by atoms with E-state index >= 15 is 0 Å². The molecule has 3 heterocycles. The summed E-state index contributed by atoms with van der Waals surface area (Å²) in [5, 5.41) is 11.9. The number of Topliss-reactive ketones (excluding diaryl/α,β-unsaturated/α-hetero) is 1. The van der Waals surface area contributed by atoms with Gasteiger partial charge in [-0.3, -0.25) is 24.5 Å². The van der Waals surface area contributed by atoms with Gasteiger partial charge in [0.15, 0.2) is 5.78 Å². The van der Waals surface area contributed by atoms with E-state index in [0.29, 0.717) is 16.1 Å². The number of aryl methyl sites for hydroxylation is 1. The van der Waals surface area contributed by atoms with Crippen molar-refractivity contribution in [2.45, 2.75) is 19.0 Å². The molecule has 0 N–H and O–H groups in total. The Hall–Kier alpha value is -4.30. The fraction of sp³-hybridized carbons (Fsp3) is 0.179. The molecule has 0 unspecified atom stereocenters. The molecule has 2 saturated heterocycles. The number of amides is 2. The highest BCUT2D eigenvalue weighted by Crippen LogP contribution is 2.54. The molecule has 0 spiro atoms. The summed E-state index contributed by atoms with van der Waals surface area (Å²) in [5.74, 6) is -3.10. The fourth-order valence-electron chi connectivity index (χ4n) is 5.83. The van der Waals surface area contributed by atoms with E-state index in [-0.39, 0.29) is 17.2 Å². The SMILES string of the molecule is Cc1ccc([N+](=O)[O-])cc1N1C(=O)[C@@H]2[C@H](C1=O)[C@H]1c3ccccc3C=CN1[C@H]2C(=O)c1ccc(Cl)cc1. The molecule has 3 aromatic carbocycles. The Morgan fingerprint density at radius 1 is 0.973 bits per heavy atom. The molecule has 0 aliphatic carbocycles. The van der Waals surface area contributed by atoms with Crippen LogP contribution in [0.25, 0.3) is 6.08 Å². The normalized spacial score (nSPS) is 23.6. The first-order valence-corrected chi connectivity index (χ1v) is 12.1. The van der Waals surface area contributed by atoms with Crippen molar-refractivity contribution in [3.63, 3.8) is 0 Å². The maximum atomic E-state index is 14.0. The molecule has 6 rings (SSSR count). The largest absolute Gasteiger partial charge is 0.358 e. The van der Waals surface area contributed by atoms with Crippen molar-refractivity contribution in [1.82, 2.24) is 4.90 Å². The molecule has 4 atom stereocenters. The number of carbonyl (C=O) groups excluding carboxylic acids is 3. The van der Waals surface area contributed by atoms with Gasteiger partial charge in [-0.2, -0.15) is 0 Å². The van der Waals surface area contributed by atoms with Gasteiger partial charge in [0.05, 0.1) is 28.5 Å². The van der Waals surface area contributed by atoms with Crippen LogP contribution in [0.2, 0.25) is 5.02 Å². The third-order valence-corrected chi connectivity index (χ3v) is 7.76. The van der Waals surface area contributed by atoms with Crippen LogP contribution in [-0.2, 0) is 9.59 Å². The molecule has 9 heteroatoms. The summed E-state index contributed by atoms with van der Waals surface area (Å²) in [4.78, 5) is 55.6. The van der Waals surface area contributed by atoms with Crippen LogP contribution in [0.4, 0.5) is 11.4 Å². The third kappa shape index (κ3) is 3.40. The van der Waals surface area contributed by atoms with Crippen molar-refractivity contribution in [1.29, 1.82) is 0 Å². The van der Waals surface area contributed by atoms with Gasteiger partial charge in [0.2, 0.25) is 11.8 Å². The zero-order valence-corrected chi connectivity index (χ0v) is 20.3. The molecule has 0 aromatic heterocycles. The Labute approximate surface area is 216 Å². The van der Waals surface area contributed by atoms with Crippen molar-refractivity contribution in [2.75, 3.05) is 4.90 Å². The van der Waals surface area contributed by atoms with Gasteiger partial charge >= 0.3 is 0 Å². The van der Waals surface area contributed by atoms with E-state index < -0.39 is 40.7 Å². The predicted octanol–water partition coefficient (Wildman–Crippen LogP) is 4.95. The number of nitro benzene ring substituents is 1. The lowest BCUT2D eigenvalue weighted by Gasteiger charge is -2.35. The third-order valence-electron chi connectivity index (χ3n) is 7.50. The smallest absolute Gasteiger partial charge is 0.271 e. The van der Waals surface area contributed by atoms with Crippen molar-refractivity contribution >= 4 is 46.6 Å². The molecule has 2 amide bonds. The molecular weight excluding hydrogens is 494 g/mol. The molecular formula is C28H20ClN3O5. The Morgan fingerprint density at radius 2 is 1.68 bits per heavy atom. The van der Waals surface area contributed by atoms with Crippen LogP contribution in [0.1, 0.15) is 33.1 Å². The number of non-ortho nitro benzene ring substituents is 1. The average molecular weight is 514 g/mol. The highest BCUT2D eigenvalue weighted by atomic mass is 35.5. The van der Waals surface area contributed by atoms with Crippen LogP contribution >= 0.6 is 11.6 Å². The topological polar surface area (TPSA) is 101 Å². The second kappa shape index (κ2) is 8.38. The second-order valence-corrected chi connectivity index (χ2v) is 9.88. The first-order valence-electron chi connectivity index (χ1n) is 11.7. The molecule has 2 fully saturated rings. The quantitative estimate of drug-likeness (QED) is 0.212. The number of halogens is 1. The molecule has 0 bridgehead atoms. The Kier molecular flexibility index (Phi) is 5.24. The highest BCUT2D eigenvalue weighted by molar-refractivity contribution is 6.30. The Bertz CT molecular complexity index is 1530. The van der Waals surface area contributed by atoms with Crippen molar-refractivity contribution in [3.05, 3.63) is 110 Å². The molecule has 184 valence electrons. The van der Waals surface area contributed by atoms with E-state index in [1.54, 1.807) is 37.4 Å². The van der Waals surface area contributed by atoms with E-state index in [0.717, 1.165) is 16.0 Å². The number of carbonyl (C=O) groups is 3. The van der Waals surface area contributed by atoms with Crippen LogP contribution in [0.15, 0.2) is 72.9 Å². The summed E-state index contributed by atoms with van der Waals surface area (Å²) in [5.41, 5.74) is 2.64. The number of benzene rings is 3. The van der Waals surface area contributed by atoms with Gasteiger partial charge in [-0.25, -0.2) is 4.90 Å². The number of rotatable bonds is 4. The summed E-state index contributed by atoms with van der Waals surface area (Å²) >= 11 is 6.02. The summed E-state index contributed by atoms with van der Waals surface area (Å²) < 4.78 is 0. The van der Waals surface area contributed by atoms with Crippen molar-refractivity contribution < 1.29 is 19.3 Å². The molecule has 3 aliphatic rings. The minimum atomic E-state index is -0.963. The van der Waals surface area contributed by atoms with E-state index in [1.807, 2.05) is 35.2 Å². The number of hydrogen-bond acceptors (Lipinski definition) is 6. The average Bonchev–Trinajstić information content (AvgIpc) is 3.37. The zero-order chi connectivity index (χ0) is 26.0. The lowest BCUT2D eigenvalue weighted by molar-refractivity contribution is -0.384. The maximum absolute atomic E-state index is 14.0. The van der Waals surface area contributed by atoms with Gasteiger partial charge in [-0.05, 0) is 54.0 Å². The molecule has 0 saturated carbocycles. The Balaban J connectivity index is 1.51. The second-order valence-electron chi connectivity index (χ2n) is 9.44. The van der Waals surface area contributed by atoms with Crippen molar-refractivity contribution in [2.24, 2.45) is 11.8 Å². The number of nitro groups is 1. The number of nitrogens with zero attached hydrogens (tertiary/aromatic N) is 3. The van der Waals surface area contributed by atoms with Gasteiger partial charge in [-0.15, -0.1) is 0 Å². The van der Waals surface area contributed by atoms with Crippen LogP contribution < -0.4 is 4.90 Å². The number of anilines is 1. The first kappa shape index (κ1) is 23.1. The van der Waals surface area contributed by atoms with Gasteiger partial charge in [-0.1, -0.05) is 41.9 Å². The molecule has 3 aliphatic heterocycles. The van der Waals surface area contributed by atoms with Crippen LogP contribution in [-0.4, -0.2) is 33.5 Å². The number of imide groups is 1. The minimum Gasteiger partial charge on any atom is -0.358 e. The van der Waals surface area contributed by atoms with Gasteiger partial charge in [0, 0.05) is 28.9 Å². The summed E-state index contributed by atoms with van der Waals surface area (Å²) in [7, 11) is 0. The fourth-order valence-corrected chi connectivity index (χ4v) is 5.96. The highest BCUT2D eigenvalue weighted by Gasteiger charge is 2.64. The van der Waals surface area contributed by atoms with E-state index in [1.165, 1.54) is 18.2 Å². The lowest BCUT2D eigenvalue weighted by atomic mass is 9.83. The van der Waals surface area contributed by atoms with Crippen LogP contribution in [0.5, 0.6) is 0 Å². The van der Waals surface area contributed by atoms with Gasteiger partial charge in [0.1, 0.15) is 6.04 Å². The lowest BCUT2D eigenvalue weighted by Crippen LogP contribution is -2.44. The van der Waals surface area contributed by atoms with E-state index in [4.69, 9.17) is 11.6 Å². The number of hydrogen-bond donors (Lipinski definition) is 0. The monoisotopic (exact) mass is 513 g/mol. The first-order chi connectivity index (χ1) is 17.8. The molecule has 3 aromatic rings. The molecule has 0 radical (unpaired) electrons. The van der Waals surface area contributed by atoms with Crippen LogP contribution in [0.3, 0.4) is 0 Å². The molecule has 37 heavy (non-hydrogen) atoms. The van der Waals surface area contributed by atoms with Gasteiger partial charge in [0.25, 0.3) is 5.69 Å². The molecule has 8 nitrogen and oxygen atoms in total. The Morgan fingerprint density at radius 3 is 2.41 bits per heavy atom. The number of ketones is 1. The maximum Gasteiger partial charge on any atom is 0.271 e. The van der Waals surface area contributed by atoms with Crippen LogP contribution in [0, 0.1) is 28.9 Å².